The SMILES string of the molecule is OP(O)OC(Cl)C(Cl)Cl. The maximum atomic E-state index is 8.17. The molecule has 0 saturated heterocycles. The largest absolute Gasteiger partial charge is 0.328 e. The molecule has 0 heterocycles. The molecular formula is C2H4Cl3O3P. The summed E-state index contributed by atoms with van der Waals surface area (Å²) in [5.41, 5.74) is -1.07. The Labute approximate surface area is 68.5 Å². The zero-order chi connectivity index (χ0) is 7.44. The summed E-state index contributed by atoms with van der Waals surface area (Å²) in [5.74, 6) is 0. The summed E-state index contributed by atoms with van der Waals surface area (Å²) in [6.07, 6.45) is 0. The van der Waals surface area contributed by atoms with E-state index in [0.29, 0.717) is 0 Å². The van der Waals surface area contributed by atoms with Gasteiger partial charge in [-0.2, -0.15) is 0 Å². The summed E-state index contributed by atoms with van der Waals surface area (Å²) in [6.45, 7) is 0. The molecule has 0 spiro atoms. The molecule has 0 aromatic heterocycles. The van der Waals surface area contributed by atoms with Crippen LogP contribution in [-0.4, -0.2) is 20.2 Å². The van der Waals surface area contributed by atoms with Crippen LogP contribution in [0.3, 0.4) is 0 Å². The highest BCUT2D eigenvalue weighted by Crippen LogP contribution is 2.31. The Bertz CT molecular complexity index is 79.5. The van der Waals surface area contributed by atoms with Gasteiger partial charge in [-0.1, -0.05) is 11.6 Å². The number of rotatable bonds is 3. The minimum absolute atomic E-state index is 0.962. The quantitative estimate of drug-likeness (QED) is 0.553. The highest BCUT2D eigenvalue weighted by molar-refractivity contribution is 7.39. The summed E-state index contributed by atoms with van der Waals surface area (Å²) in [4.78, 5) is 15.4. The van der Waals surface area contributed by atoms with Crippen LogP contribution < -0.4 is 0 Å². The zero-order valence-electron chi connectivity index (χ0n) is 4.04. The second-order valence-corrected chi connectivity index (χ2v) is 3.35. The fraction of sp³-hybridized carbons (Fsp3) is 1.00. The van der Waals surface area contributed by atoms with Gasteiger partial charge < -0.3 is 9.79 Å². The average molecular weight is 213 g/mol. The molecule has 0 radical (unpaired) electrons. The normalized spacial score (nSPS) is 15.0. The minimum Gasteiger partial charge on any atom is -0.328 e. The summed E-state index contributed by atoms with van der Waals surface area (Å²) in [5, 5.41) is 0. The highest BCUT2D eigenvalue weighted by Gasteiger charge is 2.17. The lowest BCUT2D eigenvalue weighted by atomic mass is 10.8. The molecule has 0 amide bonds. The molecule has 0 aromatic carbocycles. The molecule has 1 unspecified atom stereocenters. The predicted molar refractivity (Wildman–Crippen MR) is 37.6 cm³/mol. The number of hydrogen-bond donors (Lipinski definition) is 2. The lowest BCUT2D eigenvalue weighted by molar-refractivity contribution is 0.239. The van der Waals surface area contributed by atoms with E-state index in [1.54, 1.807) is 0 Å². The van der Waals surface area contributed by atoms with E-state index in [0.717, 1.165) is 0 Å². The van der Waals surface area contributed by atoms with Gasteiger partial charge in [-0.05, 0) is 0 Å². The van der Waals surface area contributed by atoms with E-state index in [1.165, 1.54) is 0 Å². The first kappa shape index (κ1) is 10.2. The van der Waals surface area contributed by atoms with E-state index in [9.17, 15) is 0 Å². The zero-order valence-corrected chi connectivity index (χ0v) is 7.20. The lowest BCUT2D eigenvalue weighted by Gasteiger charge is -2.10. The van der Waals surface area contributed by atoms with Crippen molar-refractivity contribution in [2.24, 2.45) is 0 Å². The molecule has 0 rings (SSSR count). The standard InChI is InChI=1S/C2H4Cl3O3P/c3-1(4)2(5)8-9(6)7/h1-2,6-7H. The smallest absolute Gasteiger partial charge is 0.328 e. The van der Waals surface area contributed by atoms with Crippen LogP contribution in [0.5, 0.6) is 0 Å². The van der Waals surface area contributed by atoms with Crippen LogP contribution in [0.15, 0.2) is 0 Å². The summed E-state index contributed by atoms with van der Waals surface area (Å²) < 4.78 is 4.19. The van der Waals surface area contributed by atoms with Gasteiger partial charge in [0.1, 0.15) is 4.84 Å². The molecule has 0 bridgehead atoms. The third-order valence-corrected chi connectivity index (χ3v) is 1.99. The van der Waals surface area contributed by atoms with Crippen LogP contribution in [0.2, 0.25) is 0 Å². The van der Waals surface area contributed by atoms with E-state index in [4.69, 9.17) is 44.6 Å². The number of halogens is 3. The van der Waals surface area contributed by atoms with Crippen molar-refractivity contribution in [2.45, 2.75) is 10.4 Å². The molecule has 7 heteroatoms. The van der Waals surface area contributed by atoms with Crippen LogP contribution in [0, 0.1) is 0 Å². The maximum absolute atomic E-state index is 8.17. The second-order valence-electron chi connectivity index (χ2n) is 1.04. The van der Waals surface area contributed by atoms with E-state index in [2.05, 4.69) is 4.52 Å². The van der Waals surface area contributed by atoms with Crippen molar-refractivity contribution in [3.63, 3.8) is 0 Å². The molecule has 0 fully saturated rings. The first-order valence-electron chi connectivity index (χ1n) is 1.81. The van der Waals surface area contributed by atoms with Gasteiger partial charge in [-0.3, -0.25) is 4.52 Å². The Hall–Kier alpha value is 1.18. The summed E-state index contributed by atoms with van der Waals surface area (Å²) in [7, 11) is -2.47. The fourth-order valence-corrected chi connectivity index (χ4v) is 0.898. The molecule has 0 aliphatic carbocycles. The Morgan fingerprint density at radius 3 is 1.78 bits per heavy atom. The second kappa shape index (κ2) is 4.91. The van der Waals surface area contributed by atoms with Crippen molar-refractivity contribution < 1.29 is 14.3 Å². The molecular weight excluding hydrogens is 209 g/mol. The van der Waals surface area contributed by atoms with Gasteiger partial charge in [-0.15, -0.1) is 23.2 Å². The monoisotopic (exact) mass is 212 g/mol. The molecule has 0 aliphatic heterocycles. The van der Waals surface area contributed by atoms with Crippen molar-refractivity contribution >= 4 is 43.4 Å². The van der Waals surface area contributed by atoms with E-state index in [-0.39, 0.29) is 0 Å². The van der Waals surface area contributed by atoms with Gasteiger partial charge in [0.25, 0.3) is 0 Å². The predicted octanol–water partition coefficient (Wildman–Crippen LogP) is 1.58. The first-order valence-corrected chi connectivity index (χ1v) is 4.28. The van der Waals surface area contributed by atoms with E-state index in [1.807, 2.05) is 0 Å². The Morgan fingerprint density at radius 1 is 1.22 bits per heavy atom. The third kappa shape index (κ3) is 5.62. The number of alkyl halides is 3. The summed E-state index contributed by atoms with van der Waals surface area (Å²) in [6, 6.07) is 0. The molecule has 2 N–H and O–H groups in total. The van der Waals surface area contributed by atoms with Crippen molar-refractivity contribution in [3.05, 3.63) is 0 Å². The molecule has 1 atom stereocenters. The molecule has 0 aliphatic rings. The van der Waals surface area contributed by atoms with Gasteiger partial charge in [0.05, 0.1) is 0 Å². The van der Waals surface area contributed by atoms with Crippen LogP contribution >= 0.6 is 43.4 Å². The molecule has 3 nitrogen and oxygen atoms in total. The summed E-state index contributed by atoms with van der Waals surface area (Å²) >= 11 is 15.6. The van der Waals surface area contributed by atoms with Gasteiger partial charge in [0.2, 0.25) is 0 Å². The highest BCUT2D eigenvalue weighted by atomic mass is 35.5. The Balaban J connectivity index is 3.38. The molecule has 0 saturated carbocycles. The van der Waals surface area contributed by atoms with Gasteiger partial charge in [0, 0.05) is 0 Å². The van der Waals surface area contributed by atoms with E-state index < -0.39 is 19.0 Å². The fourth-order valence-electron chi connectivity index (χ4n) is 0.136. The van der Waals surface area contributed by atoms with Gasteiger partial charge >= 0.3 is 8.60 Å². The van der Waals surface area contributed by atoms with Crippen molar-refractivity contribution in [2.75, 3.05) is 0 Å². The third-order valence-electron chi connectivity index (χ3n) is 0.393. The van der Waals surface area contributed by atoms with E-state index >= 15 is 0 Å². The Morgan fingerprint density at radius 2 is 1.67 bits per heavy atom. The van der Waals surface area contributed by atoms with Gasteiger partial charge in [0.15, 0.2) is 5.56 Å². The lowest BCUT2D eigenvalue weighted by Crippen LogP contribution is -2.09. The molecule has 0 aromatic rings. The average Bonchev–Trinajstić information content (AvgIpc) is 1.63. The first-order chi connectivity index (χ1) is 4.04. The van der Waals surface area contributed by atoms with Crippen molar-refractivity contribution in [3.8, 4) is 0 Å². The molecule has 9 heavy (non-hydrogen) atoms. The molecule has 56 valence electrons. The van der Waals surface area contributed by atoms with Crippen LogP contribution in [0.1, 0.15) is 0 Å². The van der Waals surface area contributed by atoms with Gasteiger partial charge in [-0.25, -0.2) is 0 Å². The van der Waals surface area contributed by atoms with Crippen LogP contribution in [0.25, 0.3) is 0 Å². The minimum atomic E-state index is -2.47. The van der Waals surface area contributed by atoms with Crippen molar-refractivity contribution in [1.82, 2.24) is 0 Å². The van der Waals surface area contributed by atoms with Crippen LogP contribution in [-0.2, 0) is 4.52 Å². The topological polar surface area (TPSA) is 49.7 Å². The maximum Gasteiger partial charge on any atom is 0.328 e. The van der Waals surface area contributed by atoms with Crippen molar-refractivity contribution in [1.29, 1.82) is 0 Å². The van der Waals surface area contributed by atoms with Crippen LogP contribution in [0.4, 0.5) is 0 Å². The number of hydrogen-bond acceptors (Lipinski definition) is 3. The Kier molecular flexibility index (Phi) is 5.56.